The highest BCUT2D eigenvalue weighted by atomic mass is 14.9. The van der Waals surface area contributed by atoms with E-state index in [4.69, 9.17) is 0 Å². The second-order valence-electron chi connectivity index (χ2n) is 2.98. The summed E-state index contributed by atoms with van der Waals surface area (Å²) < 4.78 is 0. The molecule has 0 saturated heterocycles. The molecule has 1 aliphatic carbocycles. The highest BCUT2D eigenvalue weighted by Crippen LogP contribution is 2.19. The molecule has 1 N–H and O–H groups in total. The fourth-order valence-corrected chi connectivity index (χ4v) is 1.47. The van der Waals surface area contributed by atoms with Crippen LogP contribution in [0.4, 0.5) is 0 Å². The number of hydrogen-bond donors (Lipinski definition) is 1. The lowest BCUT2D eigenvalue weighted by molar-refractivity contribution is 0.502. The molecule has 0 fully saturated rings. The molecule has 0 saturated carbocycles. The quantitative estimate of drug-likeness (QED) is 0.582. The van der Waals surface area contributed by atoms with E-state index in [2.05, 4.69) is 25.4 Å². The van der Waals surface area contributed by atoms with Crippen molar-refractivity contribution in [3.05, 3.63) is 11.6 Å². The van der Waals surface area contributed by atoms with Crippen LogP contribution in [0.15, 0.2) is 11.6 Å². The van der Waals surface area contributed by atoms with Gasteiger partial charge in [-0.1, -0.05) is 18.6 Å². The van der Waals surface area contributed by atoms with Crippen LogP contribution in [0.25, 0.3) is 0 Å². The Morgan fingerprint density at radius 3 is 3.00 bits per heavy atom. The predicted octanol–water partition coefficient (Wildman–Crippen LogP) is 2.34. The second-order valence-corrected chi connectivity index (χ2v) is 2.98. The third-order valence-corrected chi connectivity index (χ3v) is 2.37. The SMILES string of the molecule is CCC1=CC[C@@H](NC)CC1.[HH]. The Morgan fingerprint density at radius 2 is 2.60 bits per heavy atom. The van der Waals surface area contributed by atoms with Gasteiger partial charge in [0.1, 0.15) is 0 Å². The van der Waals surface area contributed by atoms with Gasteiger partial charge in [-0.05, 0) is 32.7 Å². The van der Waals surface area contributed by atoms with Gasteiger partial charge in [-0.3, -0.25) is 0 Å². The number of nitrogens with one attached hydrogen (secondary N) is 1. The second kappa shape index (κ2) is 3.77. The van der Waals surface area contributed by atoms with E-state index in [1.165, 1.54) is 25.7 Å². The first-order valence-corrected chi connectivity index (χ1v) is 4.22. The maximum atomic E-state index is 3.30. The Hall–Kier alpha value is -0.300. The molecule has 0 bridgehead atoms. The van der Waals surface area contributed by atoms with Crippen molar-refractivity contribution in [2.24, 2.45) is 0 Å². The van der Waals surface area contributed by atoms with Crippen LogP contribution in [0.3, 0.4) is 0 Å². The van der Waals surface area contributed by atoms with Crippen LogP contribution in [-0.2, 0) is 0 Å². The lowest BCUT2D eigenvalue weighted by atomic mass is 9.94. The van der Waals surface area contributed by atoms with Crippen molar-refractivity contribution in [3.63, 3.8) is 0 Å². The van der Waals surface area contributed by atoms with Crippen molar-refractivity contribution >= 4 is 0 Å². The van der Waals surface area contributed by atoms with Gasteiger partial charge in [0, 0.05) is 7.47 Å². The molecule has 0 aromatic rings. The van der Waals surface area contributed by atoms with Crippen molar-refractivity contribution in [1.29, 1.82) is 0 Å². The molecule has 0 unspecified atom stereocenters. The van der Waals surface area contributed by atoms with Crippen LogP contribution in [0.2, 0.25) is 0 Å². The molecule has 0 amide bonds. The minimum atomic E-state index is 0. The Balaban J connectivity index is 0.000001000. The highest BCUT2D eigenvalue weighted by Gasteiger charge is 2.10. The number of allylic oxidation sites excluding steroid dienone is 1. The molecule has 60 valence electrons. The average Bonchev–Trinajstić information content (AvgIpc) is 2.05. The molecule has 0 aliphatic heterocycles. The molecular formula is C9H19N. The first-order valence-electron chi connectivity index (χ1n) is 4.22. The fraction of sp³-hybridized carbons (Fsp3) is 0.778. The topological polar surface area (TPSA) is 12.0 Å². The van der Waals surface area contributed by atoms with Crippen molar-refractivity contribution in [3.8, 4) is 0 Å². The van der Waals surface area contributed by atoms with Crippen LogP contribution < -0.4 is 5.32 Å². The van der Waals surface area contributed by atoms with E-state index in [0.717, 1.165) is 6.04 Å². The summed E-state index contributed by atoms with van der Waals surface area (Å²) in [6, 6.07) is 0.746. The predicted molar refractivity (Wildman–Crippen MR) is 47.2 cm³/mol. The molecule has 1 nitrogen and oxygen atoms in total. The normalized spacial score (nSPS) is 26.2. The largest absolute Gasteiger partial charge is 0.317 e. The van der Waals surface area contributed by atoms with E-state index in [-0.39, 0.29) is 1.43 Å². The van der Waals surface area contributed by atoms with E-state index in [0.29, 0.717) is 0 Å². The van der Waals surface area contributed by atoms with E-state index in [1.54, 1.807) is 5.57 Å². The summed E-state index contributed by atoms with van der Waals surface area (Å²) >= 11 is 0. The van der Waals surface area contributed by atoms with E-state index < -0.39 is 0 Å². The zero-order valence-electron chi connectivity index (χ0n) is 6.98. The van der Waals surface area contributed by atoms with Gasteiger partial charge in [-0.15, -0.1) is 0 Å². The molecule has 0 spiro atoms. The molecule has 0 aromatic heterocycles. The minimum absolute atomic E-state index is 0. The van der Waals surface area contributed by atoms with Gasteiger partial charge >= 0.3 is 0 Å². The summed E-state index contributed by atoms with van der Waals surface area (Å²) in [6.45, 7) is 2.24. The lowest BCUT2D eigenvalue weighted by Crippen LogP contribution is -2.26. The van der Waals surface area contributed by atoms with Crippen LogP contribution in [0, 0.1) is 0 Å². The lowest BCUT2D eigenvalue weighted by Gasteiger charge is -2.20. The molecule has 10 heavy (non-hydrogen) atoms. The van der Waals surface area contributed by atoms with Crippen LogP contribution >= 0.6 is 0 Å². The third-order valence-electron chi connectivity index (χ3n) is 2.37. The van der Waals surface area contributed by atoms with Crippen LogP contribution in [0.1, 0.15) is 34.0 Å². The minimum Gasteiger partial charge on any atom is -0.317 e. The van der Waals surface area contributed by atoms with E-state index in [9.17, 15) is 0 Å². The van der Waals surface area contributed by atoms with Crippen molar-refractivity contribution in [2.75, 3.05) is 7.05 Å². The summed E-state index contributed by atoms with van der Waals surface area (Å²) in [5.41, 5.74) is 1.64. The molecular weight excluding hydrogens is 122 g/mol. The Kier molecular flexibility index (Phi) is 2.94. The molecule has 1 rings (SSSR count). The summed E-state index contributed by atoms with van der Waals surface area (Å²) in [6.07, 6.45) is 7.51. The van der Waals surface area contributed by atoms with Crippen molar-refractivity contribution in [1.82, 2.24) is 5.32 Å². The van der Waals surface area contributed by atoms with Gasteiger partial charge in [-0.25, -0.2) is 0 Å². The van der Waals surface area contributed by atoms with Crippen LogP contribution in [0.5, 0.6) is 0 Å². The van der Waals surface area contributed by atoms with Gasteiger partial charge in [0.05, 0.1) is 0 Å². The molecule has 0 radical (unpaired) electrons. The smallest absolute Gasteiger partial charge is 0.0102 e. The standard InChI is InChI=1S/C9H17N.H2/c1-3-8-4-6-9(10-2)7-5-8;/h4,9-10H,3,5-7H2,1-2H3;1H/t9-;/m1./s1. The first kappa shape index (κ1) is 7.80. The summed E-state index contributed by atoms with van der Waals surface area (Å²) in [5.74, 6) is 0. The number of rotatable bonds is 2. The summed E-state index contributed by atoms with van der Waals surface area (Å²) in [5, 5.41) is 3.30. The number of hydrogen-bond acceptors (Lipinski definition) is 1. The van der Waals surface area contributed by atoms with Gasteiger partial charge in [0.2, 0.25) is 0 Å². The highest BCUT2D eigenvalue weighted by molar-refractivity contribution is 5.06. The fourth-order valence-electron chi connectivity index (χ4n) is 1.47. The Morgan fingerprint density at radius 1 is 1.80 bits per heavy atom. The van der Waals surface area contributed by atoms with Gasteiger partial charge in [0.15, 0.2) is 0 Å². The van der Waals surface area contributed by atoms with E-state index >= 15 is 0 Å². The van der Waals surface area contributed by atoms with E-state index in [1.807, 2.05) is 0 Å². The maximum absolute atomic E-state index is 3.30. The zero-order chi connectivity index (χ0) is 7.40. The van der Waals surface area contributed by atoms with Gasteiger partial charge < -0.3 is 5.32 Å². The maximum Gasteiger partial charge on any atom is 0.0102 e. The molecule has 1 aliphatic rings. The molecule has 0 heterocycles. The van der Waals surface area contributed by atoms with Gasteiger partial charge in [0.25, 0.3) is 0 Å². The molecule has 1 atom stereocenters. The first-order chi connectivity index (χ1) is 4.86. The van der Waals surface area contributed by atoms with Crippen molar-refractivity contribution < 1.29 is 1.43 Å². The monoisotopic (exact) mass is 141 g/mol. The van der Waals surface area contributed by atoms with Crippen molar-refractivity contribution in [2.45, 2.75) is 38.6 Å². The Labute approximate surface area is 65.0 Å². The van der Waals surface area contributed by atoms with Crippen LogP contribution in [-0.4, -0.2) is 13.1 Å². The zero-order valence-corrected chi connectivity index (χ0v) is 6.98. The molecule has 0 aromatic carbocycles. The summed E-state index contributed by atoms with van der Waals surface area (Å²) in [7, 11) is 2.05. The third kappa shape index (κ3) is 1.84. The average molecular weight is 141 g/mol. The Bertz CT molecular complexity index is 132. The molecule has 1 heteroatoms. The van der Waals surface area contributed by atoms with Gasteiger partial charge in [-0.2, -0.15) is 0 Å². The summed E-state index contributed by atoms with van der Waals surface area (Å²) in [4.78, 5) is 0.